The molecule has 0 fully saturated rings. The number of rotatable bonds is 7. The van der Waals surface area contributed by atoms with Gasteiger partial charge in [-0.1, -0.05) is 48.0 Å². The molecule has 0 aromatic carbocycles. The second-order valence-corrected chi connectivity index (χ2v) is 2.99. The molecule has 0 heterocycles. The van der Waals surface area contributed by atoms with Gasteiger partial charge in [0, 0.05) is 19.3 Å². The molecular weight excluding hydrogens is 196 g/mol. The largest absolute Gasteiger partial charge is 0.298 e. The Morgan fingerprint density at radius 3 is 1.88 bits per heavy atom. The first-order chi connectivity index (χ1) is 7.85. The van der Waals surface area contributed by atoms with E-state index in [2.05, 4.69) is 30.9 Å². The van der Waals surface area contributed by atoms with Crippen molar-refractivity contribution in [2.75, 3.05) is 13.1 Å². The molecule has 0 N–H and O–H groups in total. The summed E-state index contributed by atoms with van der Waals surface area (Å²) in [5, 5.41) is 6.50. The highest BCUT2D eigenvalue weighted by Gasteiger charge is 1.92. The van der Waals surface area contributed by atoms with E-state index in [1.165, 1.54) is 19.3 Å². The second-order valence-electron chi connectivity index (χ2n) is 2.99. The molecule has 0 bridgehead atoms. The fourth-order valence-electron chi connectivity index (χ4n) is 1.02. The van der Waals surface area contributed by atoms with E-state index in [4.69, 9.17) is 0 Å². The van der Waals surface area contributed by atoms with Gasteiger partial charge in [-0.05, 0) is 26.2 Å². The van der Waals surface area contributed by atoms with Gasteiger partial charge in [0.05, 0.1) is 0 Å². The zero-order chi connectivity index (χ0) is 13.2. The van der Waals surface area contributed by atoms with Gasteiger partial charge >= 0.3 is 0 Å². The van der Waals surface area contributed by atoms with Crippen molar-refractivity contribution in [3.05, 3.63) is 0 Å². The maximum Gasteiger partial charge on any atom is 0.0357 e. The van der Waals surface area contributed by atoms with E-state index in [9.17, 15) is 0 Å². The first-order valence-corrected chi connectivity index (χ1v) is 7.12. The Morgan fingerprint density at radius 1 is 0.938 bits per heavy atom. The van der Waals surface area contributed by atoms with Crippen LogP contribution in [-0.2, 0) is 0 Å². The monoisotopic (exact) mass is 230 g/mol. The summed E-state index contributed by atoms with van der Waals surface area (Å²) in [5.41, 5.74) is 0. The Bertz CT molecular complexity index is 111. The summed E-state index contributed by atoms with van der Waals surface area (Å²) < 4.78 is 0. The Hall–Kier alpha value is -0.530. The molecule has 0 aromatic rings. The van der Waals surface area contributed by atoms with Gasteiger partial charge in [-0.3, -0.25) is 5.01 Å². The normalized spacial score (nSPS) is 8.94. The molecule has 16 heavy (non-hydrogen) atoms. The minimum atomic E-state index is 1.02. The zero-order valence-corrected chi connectivity index (χ0v) is 12.7. The lowest BCUT2D eigenvalue weighted by Gasteiger charge is -2.14. The summed E-state index contributed by atoms with van der Waals surface area (Å²) in [7, 11) is 0. The van der Waals surface area contributed by atoms with Crippen molar-refractivity contribution in [2.45, 2.75) is 74.1 Å². The third-order valence-electron chi connectivity index (χ3n) is 1.78. The summed E-state index contributed by atoms with van der Waals surface area (Å²) in [4.78, 5) is 0. The highest BCUT2D eigenvalue weighted by Crippen LogP contribution is 1.94. The molecule has 0 saturated heterocycles. The first kappa shape index (κ1) is 20.8. The maximum atomic E-state index is 4.38. The van der Waals surface area contributed by atoms with Crippen molar-refractivity contribution in [3.63, 3.8) is 0 Å². The first-order valence-electron chi connectivity index (χ1n) is 7.12. The van der Waals surface area contributed by atoms with Crippen molar-refractivity contribution in [1.29, 1.82) is 0 Å². The van der Waals surface area contributed by atoms with Crippen molar-refractivity contribution >= 4 is 6.21 Å². The molecule has 0 aliphatic rings. The van der Waals surface area contributed by atoms with Gasteiger partial charge < -0.3 is 0 Å². The van der Waals surface area contributed by atoms with E-state index < -0.39 is 0 Å². The molecule has 0 aliphatic carbocycles. The van der Waals surface area contributed by atoms with E-state index in [1.54, 1.807) is 0 Å². The van der Waals surface area contributed by atoms with E-state index in [0.717, 1.165) is 19.5 Å². The predicted molar refractivity (Wildman–Crippen MR) is 78.3 cm³/mol. The lowest BCUT2D eigenvalue weighted by Crippen LogP contribution is -2.17. The van der Waals surface area contributed by atoms with Crippen LogP contribution in [0.5, 0.6) is 0 Å². The molecule has 0 amide bonds. The lowest BCUT2D eigenvalue weighted by molar-refractivity contribution is 0.305. The van der Waals surface area contributed by atoms with Crippen LogP contribution >= 0.6 is 0 Å². The lowest BCUT2D eigenvalue weighted by atomic mass is 10.3. The molecule has 0 aliphatic heterocycles. The summed E-state index contributed by atoms with van der Waals surface area (Å²) in [6.45, 7) is 16.6. The number of unbranched alkanes of at least 4 members (excludes halogenated alkanes) is 2. The molecule has 2 heteroatoms. The van der Waals surface area contributed by atoms with Gasteiger partial charge in [-0.15, -0.1) is 0 Å². The molecule has 0 rings (SSSR count). The fraction of sp³-hybridized carbons (Fsp3) is 0.929. The molecule has 2 nitrogen and oxygen atoms in total. The highest BCUT2D eigenvalue weighted by molar-refractivity contribution is 5.56. The molecule has 0 saturated carbocycles. The SMILES string of the molecule is CC.CC.CCCC/C=N/N(CC)CCC. The van der Waals surface area contributed by atoms with Crippen LogP contribution in [0.2, 0.25) is 0 Å². The topological polar surface area (TPSA) is 15.6 Å². The van der Waals surface area contributed by atoms with Crippen LogP contribution in [0.25, 0.3) is 0 Å². The molecule has 0 spiro atoms. The van der Waals surface area contributed by atoms with E-state index in [-0.39, 0.29) is 0 Å². The van der Waals surface area contributed by atoms with Crippen molar-refractivity contribution in [1.82, 2.24) is 5.01 Å². The van der Waals surface area contributed by atoms with Gasteiger partial charge in [0.25, 0.3) is 0 Å². The molecule has 0 atom stereocenters. The summed E-state index contributed by atoms with van der Waals surface area (Å²) in [6, 6.07) is 0. The smallest absolute Gasteiger partial charge is 0.0357 e. The maximum absolute atomic E-state index is 4.38. The van der Waals surface area contributed by atoms with Crippen molar-refractivity contribution < 1.29 is 0 Å². The average molecular weight is 230 g/mol. The quantitative estimate of drug-likeness (QED) is 0.343. The Balaban J connectivity index is -0.000000376. The molecule has 0 radical (unpaired) electrons. The van der Waals surface area contributed by atoms with Gasteiger partial charge in [-0.2, -0.15) is 5.10 Å². The minimum Gasteiger partial charge on any atom is -0.298 e. The Labute approximate surface area is 104 Å². The number of nitrogens with zero attached hydrogens (tertiary/aromatic N) is 2. The Kier molecular flexibility index (Phi) is 31.2. The summed E-state index contributed by atoms with van der Waals surface area (Å²) in [6.07, 6.45) is 6.86. The predicted octanol–water partition coefficient (Wildman–Crippen LogP) is 4.95. The summed E-state index contributed by atoms with van der Waals surface area (Å²) >= 11 is 0. The van der Waals surface area contributed by atoms with Crippen LogP contribution < -0.4 is 0 Å². The third kappa shape index (κ3) is 19.1. The van der Waals surface area contributed by atoms with Crippen LogP contribution in [0.1, 0.15) is 74.1 Å². The van der Waals surface area contributed by atoms with Gasteiger partial charge in [0.15, 0.2) is 0 Å². The fourth-order valence-corrected chi connectivity index (χ4v) is 1.02. The van der Waals surface area contributed by atoms with Gasteiger partial charge in [0.2, 0.25) is 0 Å². The molecular formula is C14H34N2. The van der Waals surface area contributed by atoms with Crippen molar-refractivity contribution in [2.24, 2.45) is 5.10 Å². The van der Waals surface area contributed by atoms with Crippen LogP contribution in [0, 0.1) is 0 Å². The van der Waals surface area contributed by atoms with Crippen molar-refractivity contribution in [3.8, 4) is 0 Å². The number of hydrogen-bond acceptors (Lipinski definition) is 2. The average Bonchev–Trinajstić information content (AvgIpc) is 2.38. The number of hydrogen-bond donors (Lipinski definition) is 0. The summed E-state index contributed by atoms with van der Waals surface area (Å²) in [5.74, 6) is 0. The van der Waals surface area contributed by atoms with E-state index in [1.807, 2.05) is 33.9 Å². The molecule has 100 valence electrons. The van der Waals surface area contributed by atoms with E-state index in [0.29, 0.717) is 0 Å². The van der Waals surface area contributed by atoms with Crippen LogP contribution in [0.15, 0.2) is 5.10 Å². The van der Waals surface area contributed by atoms with Crippen LogP contribution in [-0.4, -0.2) is 24.3 Å². The minimum absolute atomic E-state index is 1.02. The second kappa shape index (κ2) is 24.0. The van der Waals surface area contributed by atoms with Crippen LogP contribution in [0.4, 0.5) is 0 Å². The molecule has 0 unspecified atom stereocenters. The van der Waals surface area contributed by atoms with E-state index >= 15 is 0 Å². The van der Waals surface area contributed by atoms with Gasteiger partial charge in [0.1, 0.15) is 0 Å². The third-order valence-corrected chi connectivity index (χ3v) is 1.78. The van der Waals surface area contributed by atoms with Crippen LogP contribution in [0.3, 0.4) is 0 Å². The zero-order valence-electron chi connectivity index (χ0n) is 12.7. The highest BCUT2D eigenvalue weighted by atomic mass is 15.4. The number of hydrazone groups is 1. The standard InChI is InChI=1S/C10H22N2.2C2H6/c1-4-7-8-9-11-12(6-3)10-5-2;2*1-2/h9H,4-8,10H2,1-3H3;2*1-2H3/b11-9+;;. The molecule has 0 aromatic heterocycles. The Morgan fingerprint density at radius 2 is 1.50 bits per heavy atom. The van der Waals surface area contributed by atoms with Gasteiger partial charge in [-0.25, -0.2) is 0 Å².